The normalized spacial score (nSPS) is 17.3. The van der Waals surface area contributed by atoms with Crippen molar-refractivity contribution in [2.24, 2.45) is 0 Å². The minimum Gasteiger partial charge on any atom is -0.483 e. The predicted octanol–water partition coefficient (Wildman–Crippen LogP) is 3.09. The Labute approximate surface area is 129 Å². The molecule has 0 aliphatic heterocycles. The van der Waals surface area contributed by atoms with Crippen LogP contribution < -0.4 is 10.1 Å². The summed E-state index contributed by atoms with van der Waals surface area (Å²) in [5.74, 6) is -0.969. The summed E-state index contributed by atoms with van der Waals surface area (Å²) < 4.78 is 41.1. The minimum atomic E-state index is -4.48. The van der Waals surface area contributed by atoms with Crippen LogP contribution >= 0.6 is 11.6 Å². The molecule has 1 aromatic carbocycles. The molecule has 0 spiro atoms. The Balaban J connectivity index is 2.06. The summed E-state index contributed by atoms with van der Waals surface area (Å²) in [4.78, 5) is 23.3. The lowest BCUT2D eigenvalue weighted by Crippen LogP contribution is -2.36. The van der Waals surface area contributed by atoms with E-state index < -0.39 is 25.2 Å². The Morgan fingerprint density at radius 1 is 1.45 bits per heavy atom. The van der Waals surface area contributed by atoms with Crippen molar-refractivity contribution < 1.29 is 27.5 Å². The lowest BCUT2D eigenvalue weighted by Gasteiger charge is -2.13. The summed E-state index contributed by atoms with van der Waals surface area (Å²) in [5, 5.41) is 2.12. The molecular weight excluding hydrogens is 323 g/mol. The number of amides is 1. The molecular formula is C14H13ClF3NO3. The maximum Gasteiger partial charge on any atom is 0.405 e. The van der Waals surface area contributed by atoms with Gasteiger partial charge in [0.1, 0.15) is 12.3 Å². The molecule has 1 amide bonds. The third-order valence-corrected chi connectivity index (χ3v) is 3.59. The number of ether oxygens (including phenoxy) is 1. The fourth-order valence-electron chi connectivity index (χ4n) is 2.34. The number of carbonyl (C=O) groups excluding carboxylic acids is 2. The highest BCUT2D eigenvalue weighted by Crippen LogP contribution is 2.42. The van der Waals surface area contributed by atoms with Crippen LogP contribution in [0.15, 0.2) is 12.1 Å². The van der Waals surface area contributed by atoms with E-state index in [1.807, 2.05) is 6.92 Å². The Kier molecular flexibility index (Phi) is 4.65. The molecule has 1 unspecified atom stereocenters. The molecule has 0 aromatic heterocycles. The molecule has 2 rings (SSSR count). The van der Waals surface area contributed by atoms with Crippen LogP contribution in [0.1, 0.15) is 35.2 Å². The number of hydrogen-bond acceptors (Lipinski definition) is 3. The van der Waals surface area contributed by atoms with Crippen LogP contribution in [0.4, 0.5) is 13.2 Å². The fourth-order valence-corrected chi connectivity index (χ4v) is 2.68. The average molecular weight is 336 g/mol. The lowest BCUT2D eigenvalue weighted by molar-refractivity contribution is -0.139. The SMILES string of the molecule is CC1CC(=O)c2c(OCC(=O)NCC(F)(F)F)ccc(Cl)c21. The van der Waals surface area contributed by atoms with E-state index in [0.29, 0.717) is 16.1 Å². The molecule has 1 aliphatic carbocycles. The summed E-state index contributed by atoms with van der Waals surface area (Å²) in [7, 11) is 0. The van der Waals surface area contributed by atoms with Crippen molar-refractivity contribution in [3.8, 4) is 5.75 Å². The molecule has 0 saturated heterocycles. The number of hydrogen-bond donors (Lipinski definition) is 1. The number of rotatable bonds is 4. The second kappa shape index (κ2) is 6.16. The first kappa shape index (κ1) is 16.6. The van der Waals surface area contributed by atoms with E-state index in [1.54, 1.807) is 11.4 Å². The maximum absolute atomic E-state index is 12.0. The van der Waals surface area contributed by atoms with Gasteiger partial charge in [0.25, 0.3) is 5.91 Å². The average Bonchev–Trinajstić information content (AvgIpc) is 2.71. The summed E-state index contributed by atoms with van der Waals surface area (Å²) in [6.07, 6.45) is -4.20. The molecule has 0 fully saturated rings. The number of alkyl halides is 3. The Morgan fingerprint density at radius 2 is 2.14 bits per heavy atom. The van der Waals surface area contributed by atoms with Crippen LogP contribution in [0.5, 0.6) is 5.75 Å². The van der Waals surface area contributed by atoms with Gasteiger partial charge in [-0.15, -0.1) is 0 Å². The molecule has 120 valence electrons. The molecule has 4 nitrogen and oxygen atoms in total. The third kappa shape index (κ3) is 3.71. The van der Waals surface area contributed by atoms with Gasteiger partial charge in [0.15, 0.2) is 12.4 Å². The minimum absolute atomic E-state index is 0.0578. The number of halogens is 4. The smallest absolute Gasteiger partial charge is 0.405 e. The largest absolute Gasteiger partial charge is 0.483 e. The monoisotopic (exact) mass is 335 g/mol. The molecule has 0 saturated carbocycles. The van der Waals surface area contributed by atoms with Crippen molar-refractivity contribution in [3.05, 3.63) is 28.3 Å². The van der Waals surface area contributed by atoms with Gasteiger partial charge in [-0.3, -0.25) is 9.59 Å². The van der Waals surface area contributed by atoms with E-state index in [-0.39, 0.29) is 23.9 Å². The van der Waals surface area contributed by atoms with Crippen LogP contribution in [0.3, 0.4) is 0 Å². The highest BCUT2D eigenvalue weighted by Gasteiger charge is 2.32. The second-order valence-electron chi connectivity index (χ2n) is 5.04. The number of carbonyl (C=O) groups is 2. The number of fused-ring (bicyclic) bond motifs is 1. The highest BCUT2D eigenvalue weighted by molar-refractivity contribution is 6.32. The van der Waals surface area contributed by atoms with Gasteiger partial charge < -0.3 is 10.1 Å². The number of nitrogens with one attached hydrogen (secondary N) is 1. The number of benzene rings is 1. The van der Waals surface area contributed by atoms with Crippen molar-refractivity contribution in [2.45, 2.75) is 25.4 Å². The first-order chi connectivity index (χ1) is 10.2. The molecule has 0 heterocycles. The maximum atomic E-state index is 12.0. The molecule has 1 N–H and O–H groups in total. The summed E-state index contributed by atoms with van der Waals surface area (Å²) in [5.41, 5.74) is 0.962. The van der Waals surface area contributed by atoms with Gasteiger partial charge in [-0.1, -0.05) is 18.5 Å². The zero-order valence-electron chi connectivity index (χ0n) is 11.6. The molecule has 22 heavy (non-hydrogen) atoms. The van der Waals surface area contributed by atoms with E-state index in [1.165, 1.54) is 6.07 Å². The van der Waals surface area contributed by atoms with Crippen LogP contribution in [0.25, 0.3) is 0 Å². The van der Waals surface area contributed by atoms with E-state index in [9.17, 15) is 22.8 Å². The van der Waals surface area contributed by atoms with Crippen LogP contribution in [0.2, 0.25) is 5.02 Å². The standard InChI is InChI=1S/C14H13ClF3NO3/c1-7-4-9(20)13-10(3-2-8(15)12(7)13)22-5-11(21)19-6-14(16,17)18/h2-3,7H,4-6H2,1H3,(H,19,21). The van der Waals surface area contributed by atoms with Crippen molar-refractivity contribution in [3.63, 3.8) is 0 Å². The van der Waals surface area contributed by atoms with E-state index in [0.717, 1.165) is 0 Å². The number of Topliss-reactive ketones (excluding diaryl/α,β-unsaturated/α-hetero) is 1. The molecule has 0 bridgehead atoms. The van der Waals surface area contributed by atoms with E-state index in [4.69, 9.17) is 16.3 Å². The van der Waals surface area contributed by atoms with Gasteiger partial charge in [-0.05, 0) is 23.6 Å². The Bertz CT molecular complexity index is 616. The highest BCUT2D eigenvalue weighted by atomic mass is 35.5. The second-order valence-corrected chi connectivity index (χ2v) is 5.45. The molecule has 1 atom stereocenters. The quantitative estimate of drug-likeness (QED) is 0.920. The van der Waals surface area contributed by atoms with Crippen molar-refractivity contribution >= 4 is 23.3 Å². The fraction of sp³-hybridized carbons (Fsp3) is 0.429. The van der Waals surface area contributed by atoms with Crippen LogP contribution in [0, 0.1) is 0 Å². The molecule has 8 heteroatoms. The lowest BCUT2D eigenvalue weighted by atomic mass is 10.0. The molecule has 0 radical (unpaired) electrons. The first-order valence-corrected chi connectivity index (χ1v) is 6.88. The molecule has 1 aliphatic rings. The van der Waals surface area contributed by atoms with Gasteiger partial charge in [-0.2, -0.15) is 13.2 Å². The van der Waals surface area contributed by atoms with Crippen molar-refractivity contribution in [1.29, 1.82) is 0 Å². The van der Waals surface area contributed by atoms with Gasteiger partial charge >= 0.3 is 6.18 Å². The van der Waals surface area contributed by atoms with Crippen molar-refractivity contribution in [1.82, 2.24) is 5.32 Å². The van der Waals surface area contributed by atoms with E-state index >= 15 is 0 Å². The van der Waals surface area contributed by atoms with Crippen molar-refractivity contribution in [2.75, 3.05) is 13.2 Å². The van der Waals surface area contributed by atoms with E-state index in [2.05, 4.69) is 0 Å². The predicted molar refractivity (Wildman–Crippen MR) is 73.4 cm³/mol. The van der Waals surface area contributed by atoms with Gasteiger partial charge in [0, 0.05) is 11.4 Å². The zero-order valence-corrected chi connectivity index (χ0v) is 12.3. The first-order valence-electron chi connectivity index (χ1n) is 6.51. The summed E-state index contributed by atoms with van der Waals surface area (Å²) in [6, 6.07) is 2.98. The molecule has 1 aromatic rings. The Morgan fingerprint density at radius 3 is 2.77 bits per heavy atom. The van der Waals surface area contributed by atoms with Gasteiger partial charge in [0.2, 0.25) is 0 Å². The van der Waals surface area contributed by atoms with Crippen LogP contribution in [-0.2, 0) is 4.79 Å². The Hall–Kier alpha value is -1.76. The summed E-state index contributed by atoms with van der Waals surface area (Å²) in [6.45, 7) is -0.189. The third-order valence-electron chi connectivity index (χ3n) is 3.26. The zero-order chi connectivity index (χ0) is 16.5. The topological polar surface area (TPSA) is 55.4 Å². The van der Waals surface area contributed by atoms with Gasteiger partial charge in [0.05, 0.1) is 5.56 Å². The van der Waals surface area contributed by atoms with Crippen LogP contribution in [-0.4, -0.2) is 31.0 Å². The summed E-state index contributed by atoms with van der Waals surface area (Å²) >= 11 is 6.05. The number of ketones is 1. The van der Waals surface area contributed by atoms with Gasteiger partial charge in [-0.25, -0.2) is 0 Å².